The number of nitrogens with zero attached hydrogens (tertiary/aromatic N) is 1. The maximum Gasteiger partial charge on any atom is 0.271 e. The third kappa shape index (κ3) is 7.01. The van der Waals surface area contributed by atoms with Gasteiger partial charge in [-0.2, -0.15) is 5.10 Å². The summed E-state index contributed by atoms with van der Waals surface area (Å²) in [5, 5.41) is 5.16. The zero-order chi connectivity index (χ0) is 24.3. The van der Waals surface area contributed by atoms with Crippen LogP contribution in [0.2, 0.25) is 10.0 Å². The van der Waals surface area contributed by atoms with Crippen LogP contribution in [0.15, 0.2) is 78.4 Å². The summed E-state index contributed by atoms with van der Waals surface area (Å²) >= 11 is 12.2. The first kappa shape index (κ1) is 25.1. The average molecular weight is 499 g/mol. The number of ether oxygens (including phenoxy) is 3. The van der Waals surface area contributed by atoms with Crippen molar-refractivity contribution in [2.45, 2.75) is 13.5 Å². The molecule has 0 radical (unpaired) electrons. The summed E-state index contributed by atoms with van der Waals surface area (Å²) in [6.45, 7) is 6.52. The number of para-hydroxylation sites is 1. The van der Waals surface area contributed by atoms with Crippen molar-refractivity contribution in [3.63, 3.8) is 0 Å². The van der Waals surface area contributed by atoms with Gasteiger partial charge >= 0.3 is 0 Å². The topological polar surface area (TPSA) is 69.2 Å². The normalized spacial score (nSPS) is 10.7. The predicted molar refractivity (Wildman–Crippen MR) is 136 cm³/mol. The Bertz CT molecular complexity index is 1180. The summed E-state index contributed by atoms with van der Waals surface area (Å²) in [6, 6.07) is 17.5. The minimum absolute atomic E-state index is 0.258. The molecular weight excluding hydrogens is 475 g/mol. The van der Waals surface area contributed by atoms with Gasteiger partial charge in [-0.25, -0.2) is 5.43 Å². The van der Waals surface area contributed by atoms with Crippen molar-refractivity contribution in [2.24, 2.45) is 5.10 Å². The molecule has 0 aliphatic rings. The fourth-order valence-corrected chi connectivity index (χ4v) is 3.39. The van der Waals surface area contributed by atoms with E-state index >= 15 is 0 Å². The van der Waals surface area contributed by atoms with Crippen LogP contribution in [-0.2, 0) is 6.61 Å². The highest BCUT2D eigenvalue weighted by molar-refractivity contribution is 6.35. The molecule has 0 aromatic heterocycles. The van der Waals surface area contributed by atoms with Gasteiger partial charge in [0.15, 0.2) is 11.5 Å². The number of hydrogen-bond donors (Lipinski definition) is 1. The number of carbonyl (C=O) groups excluding carboxylic acids is 1. The highest BCUT2D eigenvalue weighted by Gasteiger charge is 2.11. The summed E-state index contributed by atoms with van der Waals surface area (Å²) in [5.74, 6) is 1.21. The number of rotatable bonds is 11. The summed E-state index contributed by atoms with van der Waals surface area (Å²) < 4.78 is 17.0. The maximum atomic E-state index is 12.6. The zero-order valence-corrected chi connectivity index (χ0v) is 20.1. The summed E-state index contributed by atoms with van der Waals surface area (Å²) in [5.41, 5.74) is 4.40. The molecule has 3 rings (SSSR count). The van der Waals surface area contributed by atoms with Gasteiger partial charge < -0.3 is 14.2 Å². The number of benzene rings is 3. The van der Waals surface area contributed by atoms with Crippen molar-refractivity contribution in [1.82, 2.24) is 5.43 Å². The quantitative estimate of drug-likeness (QED) is 0.191. The van der Waals surface area contributed by atoms with E-state index in [1.54, 1.807) is 36.4 Å². The van der Waals surface area contributed by atoms with E-state index in [2.05, 4.69) is 17.1 Å². The first-order chi connectivity index (χ1) is 16.5. The Kier molecular flexibility index (Phi) is 9.38. The van der Waals surface area contributed by atoms with Gasteiger partial charge in [0, 0.05) is 26.7 Å². The molecule has 0 aliphatic heterocycles. The van der Waals surface area contributed by atoms with Crippen molar-refractivity contribution in [3.8, 4) is 17.2 Å². The van der Waals surface area contributed by atoms with Crippen molar-refractivity contribution in [1.29, 1.82) is 0 Å². The lowest BCUT2D eigenvalue weighted by atomic mass is 10.2. The Morgan fingerprint density at radius 1 is 1.00 bits per heavy atom. The second-order valence-electron chi connectivity index (χ2n) is 6.96. The van der Waals surface area contributed by atoms with Gasteiger partial charge in [-0.15, -0.1) is 0 Å². The molecule has 1 amide bonds. The second kappa shape index (κ2) is 12.7. The van der Waals surface area contributed by atoms with Crippen molar-refractivity contribution < 1.29 is 19.0 Å². The molecule has 0 bridgehead atoms. The summed E-state index contributed by atoms with van der Waals surface area (Å²) in [7, 11) is 0. The molecule has 0 saturated heterocycles. The van der Waals surface area contributed by atoms with Crippen LogP contribution in [0.25, 0.3) is 0 Å². The third-order valence-electron chi connectivity index (χ3n) is 4.55. The number of halogens is 2. The Hall–Kier alpha value is -3.48. The van der Waals surface area contributed by atoms with Gasteiger partial charge in [0.1, 0.15) is 19.0 Å². The summed E-state index contributed by atoms with van der Waals surface area (Å²) in [6.07, 6.45) is 3.15. The second-order valence-corrected chi connectivity index (χ2v) is 7.80. The third-order valence-corrected chi connectivity index (χ3v) is 5.14. The van der Waals surface area contributed by atoms with Gasteiger partial charge in [-0.05, 0) is 49.4 Å². The van der Waals surface area contributed by atoms with Crippen LogP contribution in [0.5, 0.6) is 17.2 Å². The lowest BCUT2D eigenvalue weighted by Crippen LogP contribution is -2.18. The first-order valence-electron chi connectivity index (χ1n) is 10.5. The fraction of sp³-hybridized carbons (Fsp3) is 0.154. The smallest absolute Gasteiger partial charge is 0.271 e. The van der Waals surface area contributed by atoms with E-state index in [4.69, 9.17) is 37.4 Å². The molecule has 0 unspecified atom stereocenters. The SMILES string of the molecule is C=CCOc1ccc(C(=O)N/N=C/c2ccccc2OCc2ccc(Cl)cc2Cl)cc1OCC. The van der Waals surface area contributed by atoms with E-state index in [9.17, 15) is 4.79 Å². The molecular formula is C26H24Cl2N2O4. The maximum absolute atomic E-state index is 12.6. The largest absolute Gasteiger partial charge is 0.490 e. The molecule has 176 valence electrons. The molecule has 0 atom stereocenters. The Labute approximate surface area is 208 Å². The molecule has 3 aromatic rings. The van der Waals surface area contributed by atoms with Gasteiger partial charge in [0.2, 0.25) is 0 Å². The highest BCUT2D eigenvalue weighted by Crippen LogP contribution is 2.28. The molecule has 1 N–H and O–H groups in total. The van der Waals surface area contributed by atoms with Crippen molar-refractivity contribution >= 4 is 35.3 Å². The molecule has 0 aliphatic carbocycles. The van der Waals surface area contributed by atoms with Crippen LogP contribution in [0.4, 0.5) is 0 Å². The molecule has 0 heterocycles. The Morgan fingerprint density at radius 3 is 2.59 bits per heavy atom. The van der Waals surface area contributed by atoms with Gasteiger partial charge in [-0.1, -0.05) is 54.1 Å². The fourth-order valence-electron chi connectivity index (χ4n) is 2.92. The predicted octanol–water partition coefficient (Wildman–Crippen LogP) is 6.30. The number of amides is 1. The van der Waals surface area contributed by atoms with Crippen LogP contribution >= 0.6 is 23.2 Å². The number of carbonyl (C=O) groups is 1. The average Bonchev–Trinajstić information content (AvgIpc) is 2.83. The molecule has 34 heavy (non-hydrogen) atoms. The lowest BCUT2D eigenvalue weighted by molar-refractivity contribution is 0.0954. The van der Waals surface area contributed by atoms with Crippen LogP contribution in [0.3, 0.4) is 0 Å². The van der Waals surface area contributed by atoms with E-state index in [1.807, 2.05) is 37.3 Å². The van der Waals surface area contributed by atoms with E-state index < -0.39 is 0 Å². The minimum Gasteiger partial charge on any atom is -0.490 e. The minimum atomic E-state index is -0.390. The number of hydrogen-bond acceptors (Lipinski definition) is 5. The van der Waals surface area contributed by atoms with E-state index in [0.717, 1.165) is 5.56 Å². The van der Waals surface area contributed by atoms with E-state index in [-0.39, 0.29) is 12.5 Å². The zero-order valence-electron chi connectivity index (χ0n) is 18.6. The van der Waals surface area contributed by atoms with Crippen LogP contribution in [0.1, 0.15) is 28.4 Å². The molecule has 0 fully saturated rings. The number of hydrazone groups is 1. The van der Waals surface area contributed by atoms with Crippen molar-refractivity contribution in [3.05, 3.63) is 100 Å². The van der Waals surface area contributed by atoms with Gasteiger partial charge in [0.25, 0.3) is 5.91 Å². The summed E-state index contributed by atoms with van der Waals surface area (Å²) in [4.78, 5) is 12.6. The Balaban J connectivity index is 1.66. The van der Waals surface area contributed by atoms with Crippen LogP contribution < -0.4 is 19.6 Å². The van der Waals surface area contributed by atoms with Crippen LogP contribution in [-0.4, -0.2) is 25.3 Å². The molecule has 0 saturated carbocycles. The molecule has 0 spiro atoms. The van der Waals surface area contributed by atoms with Gasteiger partial charge in [0.05, 0.1) is 12.8 Å². The monoisotopic (exact) mass is 498 g/mol. The molecule has 8 heteroatoms. The number of nitrogens with one attached hydrogen (secondary N) is 1. The Morgan fingerprint density at radius 2 is 1.82 bits per heavy atom. The standard InChI is InChI=1S/C26H24Cl2N2O4/c1-3-13-33-24-12-10-18(14-25(24)32-4-2)26(31)30-29-16-19-7-5-6-8-23(19)34-17-20-9-11-21(27)15-22(20)28/h3,5-12,14-16H,1,4,13,17H2,2H3,(H,30,31)/b29-16+. The molecule has 6 nitrogen and oxygen atoms in total. The van der Waals surface area contributed by atoms with Crippen LogP contribution in [0, 0.1) is 0 Å². The van der Waals surface area contributed by atoms with E-state index in [0.29, 0.717) is 51.6 Å². The van der Waals surface area contributed by atoms with Crippen molar-refractivity contribution in [2.75, 3.05) is 13.2 Å². The van der Waals surface area contributed by atoms with Gasteiger partial charge in [-0.3, -0.25) is 4.79 Å². The highest BCUT2D eigenvalue weighted by atomic mass is 35.5. The van der Waals surface area contributed by atoms with E-state index in [1.165, 1.54) is 6.21 Å². The lowest BCUT2D eigenvalue weighted by Gasteiger charge is -2.12. The molecule has 3 aromatic carbocycles. The first-order valence-corrected chi connectivity index (χ1v) is 11.3.